The van der Waals surface area contributed by atoms with Crippen LogP contribution in [0, 0.1) is 0 Å². The van der Waals surface area contributed by atoms with E-state index in [1.807, 2.05) is 0 Å². The van der Waals surface area contributed by atoms with Gasteiger partial charge in [0.2, 0.25) is 0 Å². The van der Waals surface area contributed by atoms with Crippen molar-refractivity contribution in [2.75, 3.05) is 13.2 Å². The Morgan fingerprint density at radius 3 is 2.55 bits per heavy atom. The number of hydrogen-bond acceptors (Lipinski definition) is 4. The first kappa shape index (κ1) is 8.04. The van der Waals surface area contributed by atoms with Crippen LogP contribution in [-0.4, -0.2) is 25.4 Å². The van der Waals surface area contributed by atoms with Crippen LogP contribution in [0.4, 0.5) is 0 Å². The van der Waals surface area contributed by atoms with Crippen LogP contribution in [-0.2, 0) is 14.4 Å². The van der Waals surface area contributed by atoms with Crippen molar-refractivity contribution < 1.29 is 14.4 Å². The van der Waals surface area contributed by atoms with Gasteiger partial charge in [-0.25, -0.2) is 0 Å². The highest BCUT2D eigenvalue weighted by Crippen LogP contribution is 2.01. The molecule has 0 aromatic rings. The molecule has 0 aromatic carbocycles. The van der Waals surface area contributed by atoms with E-state index in [1.165, 1.54) is 0 Å². The third-order valence-electron chi connectivity index (χ3n) is 1.28. The van der Waals surface area contributed by atoms with Crippen LogP contribution < -0.4 is 0 Å². The Morgan fingerprint density at radius 1 is 1.45 bits per heavy atom. The summed E-state index contributed by atoms with van der Waals surface area (Å²) in [6, 6.07) is 0. The fraction of sp³-hybridized carbons (Fsp3) is 0.714. The van der Waals surface area contributed by atoms with E-state index < -0.39 is 0 Å². The van der Waals surface area contributed by atoms with Crippen LogP contribution >= 0.6 is 0 Å². The molecule has 0 saturated carbocycles. The molecule has 2 heterocycles. The van der Waals surface area contributed by atoms with Gasteiger partial charge in [0.25, 0.3) is 0 Å². The maximum absolute atomic E-state index is 10.0. The average molecular weight is 157 g/mol. The van der Waals surface area contributed by atoms with Crippen LogP contribution in [0.25, 0.3) is 0 Å². The summed E-state index contributed by atoms with van der Waals surface area (Å²) < 4.78 is 4.51. The molecule has 0 spiro atoms. The van der Waals surface area contributed by atoms with Crippen LogP contribution in [0.15, 0.2) is 5.16 Å². The van der Waals surface area contributed by atoms with Crippen molar-refractivity contribution in [3.05, 3.63) is 0 Å². The molecule has 2 aliphatic rings. The van der Waals surface area contributed by atoms with E-state index in [1.54, 1.807) is 6.21 Å². The molecule has 0 aromatic heterocycles. The van der Waals surface area contributed by atoms with Crippen molar-refractivity contribution >= 4 is 12.2 Å². The molecule has 2 aliphatic heterocycles. The Kier molecular flexibility index (Phi) is 3.44. The number of cyclic esters (lactones) is 1. The SMILES string of the molecule is C1=NOCC1.O=C1CCCO1. The Hall–Kier alpha value is -1.06. The Labute approximate surface area is 65.2 Å². The second-order valence-corrected chi connectivity index (χ2v) is 2.23. The van der Waals surface area contributed by atoms with Gasteiger partial charge in [-0.05, 0) is 6.42 Å². The lowest BCUT2D eigenvalue weighted by Crippen LogP contribution is -1.88. The van der Waals surface area contributed by atoms with E-state index in [2.05, 4.69) is 14.7 Å². The number of esters is 1. The number of ether oxygens (including phenoxy) is 1. The van der Waals surface area contributed by atoms with Gasteiger partial charge in [0.1, 0.15) is 6.61 Å². The van der Waals surface area contributed by atoms with Crippen molar-refractivity contribution in [3.8, 4) is 0 Å². The van der Waals surface area contributed by atoms with Crippen molar-refractivity contribution in [1.29, 1.82) is 0 Å². The number of carbonyl (C=O) groups is 1. The minimum absolute atomic E-state index is 0.0463. The molecule has 0 bridgehead atoms. The maximum Gasteiger partial charge on any atom is 0.305 e. The second-order valence-electron chi connectivity index (χ2n) is 2.23. The van der Waals surface area contributed by atoms with Gasteiger partial charge < -0.3 is 9.57 Å². The van der Waals surface area contributed by atoms with Crippen molar-refractivity contribution in [3.63, 3.8) is 0 Å². The second kappa shape index (κ2) is 4.71. The summed E-state index contributed by atoms with van der Waals surface area (Å²) in [5.41, 5.74) is 0. The summed E-state index contributed by atoms with van der Waals surface area (Å²) in [7, 11) is 0. The first-order valence-electron chi connectivity index (χ1n) is 3.69. The summed E-state index contributed by atoms with van der Waals surface area (Å²) in [4.78, 5) is 14.5. The van der Waals surface area contributed by atoms with Crippen LogP contribution in [0.1, 0.15) is 19.3 Å². The predicted molar refractivity (Wildman–Crippen MR) is 39.3 cm³/mol. The van der Waals surface area contributed by atoms with E-state index in [9.17, 15) is 4.79 Å². The molecule has 4 nitrogen and oxygen atoms in total. The van der Waals surface area contributed by atoms with E-state index in [-0.39, 0.29) is 5.97 Å². The fourth-order valence-electron chi connectivity index (χ4n) is 0.738. The molecule has 11 heavy (non-hydrogen) atoms. The molecule has 4 heteroatoms. The third kappa shape index (κ3) is 3.60. The average Bonchev–Trinajstić information content (AvgIpc) is 2.57. The third-order valence-corrected chi connectivity index (χ3v) is 1.28. The lowest BCUT2D eigenvalue weighted by Gasteiger charge is -1.81. The van der Waals surface area contributed by atoms with Crippen molar-refractivity contribution in [1.82, 2.24) is 0 Å². The number of oxime groups is 1. The van der Waals surface area contributed by atoms with Gasteiger partial charge in [-0.15, -0.1) is 0 Å². The number of hydrogen-bond donors (Lipinski definition) is 0. The highest BCUT2D eigenvalue weighted by Gasteiger charge is 2.08. The Morgan fingerprint density at radius 2 is 2.36 bits per heavy atom. The topological polar surface area (TPSA) is 47.9 Å². The molecular weight excluding hydrogens is 146 g/mol. The number of nitrogens with zero attached hydrogens (tertiary/aromatic N) is 1. The lowest BCUT2D eigenvalue weighted by atomic mass is 10.4. The summed E-state index contributed by atoms with van der Waals surface area (Å²) in [5, 5.41) is 3.46. The highest BCUT2D eigenvalue weighted by atomic mass is 16.6. The molecule has 1 saturated heterocycles. The lowest BCUT2D eigenvalue weighted by molar-refractivity contribution is -0.137. The highest BCUT2D eigenvalue weighted by molar-refractivity contribution is 5.70. The monoisotopic (exact) mass is 157 g/mol. The zero-order valence-electron chi connectivity index (χ0n) is 6.28. The zero-order valence-corrected chi connectivity index (χ0v) is 6.28. The summed E-state index contributed by atoms with van der Waals surface area (Å²) in [6.07, 6.45) is 4.29. The van der Waals surface area contributed by atoms with Crippen molar-refractivity contribution in [2.24, 2.45) is 5.16 Å². The first-order chi connectivity index (χ1) is 5.39. The summed E-state index contributed by atoms with van der Waals surface area (Å²) in [6.45, 7) is 1.42. The maximum atomic E-state index is 10.0. The number of carbonyl (C=O) groups excluding carboxylic acids is 1. The van der Waals surface area contributed by atoms with E-state index in [0.717, 1.165) is 19.4 Å². The predicted octanol–water partition coefficient (Wildman–Crippen LogP) is 0.716. The first-order valence-corrected chi connectivity index (χ1v) is 3.69. The largest absolute Gasteiger partial charge is 0.466 e. The molecule has 0 N–H and O–H groups in total. The van der Waals surface area contributed by atoms with Crippen LogP contribution in [0.2, 0.25) is 0 Å². The molecule has 0 radical (unpaired) electrons. The zero-order chi connectivity index (χ0) is 7.94. The van der Waals surface area contributed by atoms with Gasteiger partial charge in [0.05, 0.1) is 6.61 Å². The molecule has 62 valence electrons. The fourth-order valence-corrected chi connectivity index (χ4v) is 0.738. The van der Waals surface area contributed by atoms with Gasteiger partial charge in [0.15, 0.2) is 0 Å². The summed E-state index contributed by atoms with van der Waals surface area (Å²) in [5.74, 6) is -0.0463. The molecule has 0 unspecified atom stereocenters. The quantitative estimate of drug-likeness (QED) is 0.487. The van der Waals surface area contributed by atoms with Crippen LogP contribution in [0.5, 0.6) is 0 Å². The van der Waals surface area contributed by atoms with Gasteiger partial charge >= 0.3 is 5.97 Å². The van der Waals surface area contributed by atoms with Crippen molar-refractivity contribution in [2.45, 2.75) is 19.3 Å². The standard InChI is InChI=1S/C4H6O2.C3H5NO/c5-4-2-1-3-6-4;1-2-4-5-3-1/h1-3H2;2H,1,3H2. The van der Waals surface area contributed by atoms with Gasteiger partial charge in [-0.1, -0.05) is 5.16 Å². The molecular formula is C7H11NO3. The minimum atomic E-state index is -0.0463. The normalized spacial score (nSPS) is 20.2. The molecule has 1 fully saturated rings. The molecule has 2 rings (SSSR count). The van der Waals surface area contributed by atoms with Gasteiger partial charge in [-0.3, -0.25) is 4.79 Å². The Balaban J connectivity index is 0.000000112. The smallest absolute Gasteiger partial charge is 0.305 e. The number of rotatable bonds is 0. The molecule has 0 amide bonds. The van der Waals surface area contributed by atoms with Gasteiger partial charge in [-0.2, -0.15) is 0 Å². The van der Waals surface area contributed by atoms with E-state index in [0.29, 0.717) is 13.0 Å². The van der Waals surface area contributed by atoms with E-state index >= 15 is 0 Å². The van der Waals surface area contributed by atoms with Gasteiger partial charge in [0, 0.05) is 19.1 Å². The summed E-state index contributed by atoms with van der Waals surface area (Å²) >= 11 is 0. The molecule has 0 atom stereocenters. The Bertz CT molecular complexity index is 142. The van der Waals surface area contributed by atoms with E-state index in [4.69, 9.17) is 0 Å². The molecule has 0 aliphatic carbocycles. The minimum Gasteiger partial charge on any atom is -0.466 e. The van der Waals surface area contributed by atoms with Crippen LogP contribution in [0.3, 0.4) is 0 Å².